The molecule has 1 aromatic heterocycles. The molecule has 2 N–H and O–H groups in total. The van der Waals surface area contributed by atoms with Crippen molar-refractivity contribution in [1.82, 2.24) is 14.8 Å². The lowest BCUT2D eigenvalue weighted by Crippen LogP contribution is -2.40. The van der Waals surface area contributed by atoms with E-state index in [-0.39, 0.29) is 24.9 Å². The van der Waals surface area contributed by atoms with Crippen molar-refractivity contribution in [3.05, 3.63) is 42.1 Å². The zero-order valence-corrected chi connectivity index (χ0v) is 14.0. The number of hydrogen-bond acceptors (Lipinski definition) is 4. The van der Waals surface area contributed by atoms with Gasteiger partial charge in [-0.1, -0.05) is 18.2 Å². The fourth-order valence-electron chi connectivity index (χ4n) is 3.03. The Kier molecular flexibility index (Phi) is 4.65. The molecule has 1 atom stereocenters. The Morgan fingerprint density at radius 2 is 1.80 bits per heavy atom. The van der Waals surface area contributed by atoms with Crippen LogP contribution in [0.4, 0.5) is 0 Å². The SMILES string of the molecule is CC(=O)N1CCN(C(=O)c2cnc3ccccc3c2)CC(C(N)=O)C1. The summed E-state index contributed by atoms with van der Waals surface area (Å²) in [5.41, 5.74) is 6.72. The van der Waals surface area contributed by atoms with Crippen LogP contribution in [0.3, 0.4) is 0 Å². The smallest absolute Gasteiger partial charge is 0.255 e. The molecule has 0 radical (unpaired) electrons. The third kappa shape index (κ3) is 3.60. The number of primary amides is 1. The minimum atomic E-state index is -0.580. The molecule has 1 fully saturated rings. The van der Waals surface area contributed by atoms with Gasteiger partial charge in [0, 0.05) is 44.7 Å². The predicted molar refractivity (Wildman–Crippen MR) is 92.6 cm³/mol. The Bertz CT molecular complexity index is 836. The Morgan fingerprint density at radius 3 is 2.52 bits per heavy atom. The van der Waals surface area contributed by atoms with Crippen molar-refractivity contribution < 1.29 is 14.4 Å². The van der Waals surface area contributed by atoms with Crippen molar-refractivity contribution >= 4 is 28.6 Å². The second-order valence-corrected chi connectivity index (χ2v) is 6.23. The normalized spacial score (nSPS) is 18.0. The molecule has 1 aliphatic heterocycles. The van der Waals surface area contributed by atoms with Gasteiger partial charge in [0.25, 0.3) is 5.91 Å². The van der Waals surface area contributed by atoms with E-state index in [0.29, 0.717) is 18.7 Å². The van der Waals surface area contributed by atoms with E-state index in [9.17, 15) is 14.4 Å². The highest BCUT2D eigenvalue weighted by Gasteiger charge is 2.30. The van der Waals surface area contributed by atoms with Crippen molar-refractivity contribution in [1.29, 1.82) is 0 Å². The standard InChI is InChI=1S/C18H20N4O3/c1-12(23)21-6-7-22(11-15(10-21)17(19)24)18(25)14-8-13-4-2-3-5-16(13)20-9-14/h2-5,8-9,15H,6-7,10-11H2,1H3,(H2,19,24). The first-order valence-corrected chi connectivity index (χ1v) is 8.14. The number of pyridine rings is 1. The lowest BCUT2D eigenvalue weighted by atomic mass is 10.1. The molecule has 1 unspecified atom stereocenters. The predicted octanol–water partition coefficient (Wildman–Crippen LogP) is 0.641. The Balaban J connectivity index is 1.86. The van der Waals surface area contributed by atoms with Gasteiger partial charge in [0.05, 0.1) is 17.0 Å². The number of hydrogen-bond donors (Lipinski definition) is 1. The summed E-state index contributed by atoms with van der Waals surface area (Å²) in [7, 11) is 0. The molecule has 0 saturated carbocycles. The molecule has 0 aliphatic carbocycles. The van der Waals surface area contributed by atoms with Gasteiger partial charge in [-0.25, -0.2) is 0 Å². The number of carbonyl (C=O) groups excluding carboxylic acids is 3. The summed E-state index contributed by atoms with van der Waals surface area (Å²) in [4.78, 5) is 43.7. The molecular formula is C18H20N4O3. The molecular weight excluding hydrogens is 320 g/mol. The molecule has 7 nitrogen and oxygen atoms in total. The van der Waals surface area contributed by atoms with Gasteiger partial charge in [-0.2, -0.15) is 0 Å². The van der Waals surface area contributed by atoms with Crippen molar-refractivity contribution in [3.8, 4) is 0 Å². The summed E-state index contributed by atoms with van der Waals surface area (Å²) in [5.74, 6) is -1.44. The summed E-state index contributed by atoms with van der Waals surface area (Å²) in [6.07, 6.45) is 1.54. The fraction of sp³-hybridized carbons (Fsp3) is 0.333. The number of rotatable bonds is 2. The average molecular weight is 340 g/mol. The second kappa shape index (κ2) is 6.88. The summed E-state index contributed by atoms with van der Waals surface area (Å²) >= 11 is 0. The molecule has 1 saturated heterocycles. The number of aromatic nitrogens is 1. The number of nitrogens with zero attached hydrogens (tertiary/aromatic N) is 3. The number of carbonyl (C=O) groups is 3. The van der Waals surface area contributed by atoms with E-state index >= 15 is 0 Å². The molecule has 0 spiro atoms. The van der Waals surface area contributed by atoms with Crippen LogP contribution in [0, 0.1) is 5.92 Å². The fourth-order valence-corrected chi connectivity index (χ4v) is 3.03. The number of fused-ring (bicyclic) bond motifs is 1. The molecule has 3 amide bonds. The van der Waals surface area contributed by atoms with Crippen molar-refractivity contribution in [2.24, 2.45) is 11.7 Å². The number of para-hydroxylation sites is 1. The molecule has 2 aromatic rings. The molecule has 1 aromatic carbocycles. The maximum atomic E-state index is 12.9. The third-order valence-corrected chi connectivity index (χ3v) is 4.49. The largest absolute Gasteiger partial charge is 0.369 e. The van der Waals surface area contributed by atoms with Crippen LogP contribution in [0.25, 0.3) is 10.9 Å². The number of amides is 3. The lowest BCUT2D eigenvalue weighted by molar-refractivity contribution is -0.130. The zero-order chi connectivity index (χ0) is 18.0. The van der Waals surface area contributed by atoms with E-state index in [0.717, 1.165) is 10.9 Å². The molecule has 1 aliphatic rings. The van der Waals surface area contributed by atoms with Gasteiger partial charge in [-0.05, 0) is 12.1 Å². The highest BCUT2D eigenvalue weighted by molar-refractivity contribution is 5.97. The molecule has 130 valence electrons. The van der Waals surface area contributed by atoms with Gasteiger partial charge >= 0.3 is 0 Å². The molecule has 3 rings (SSSR count). The Hall–Kier alpha value is -2.96. The minimum Gasteiger partial charge on any atom is -0.369 e. The number of nitrogens with two attached hydrogens (primary N) is 1. The Morgan fingerprint density at radius 1 is 1.12 bits per heavy atom. The first-order chi connectivity index (χ1) is 12.0. The first kappa shape index (κ1) is 16.9. The van der Waals surface area contributed by atoms with Crippen molar-refractivity contribution in [2.75, 3.05) is 26.2 Å². The first-order valence-electron chi connectivity index (χ1n) is 8.14. The summed E-state index contributed by atoms with van der Waals surface area (Å²) in [6, 6.07) is 9.34. The van der Waals surface area contributed by atoms with Crippen LogP contribution in [-0.4, -0.2) is 58.7 Å². The van der Waals surface area contributed by atoms with Gasteiger partial charge in [-0.3, -0.25) is 19.4 Å². The van der Waals surface area contributed by atoms with Gasteiger partial charge in [0.15, 0.2) is 0 Å². The van der Waals surface area contributed by atoms with Crippen LogP contribution >= 0.6 is 0 Å². The van der Waals surface area contributed by atoms with Crippen LogP contribution < -0.4 is 5.73 Å². The van der Waals surface area contributed by atoms with E-state index in [1.807, 2.05) is 24.3 Å². The van der Waals surface area contributed by atoms with Crippen LogP contribution in [0.5, 0.6) is 0 Å². The van der Waals surface area contributed by atoms with E-state index in [1.165, 1.54) is 13.1 Å². The van der Waals surface area contributed by atoms with Gasteiger partial charge in [0.1, 0.15) is 0 Å². The van der Waals surface area contributed by atoms with Crippen LogP contribution in [0.1, 0.15) is 17.3 Å². The Labute approximate surface area is 145 Å². The van der Waals surface area contributed by atoms with Crippen molar-refractivity contribution in [2.45, 2.75) is 6.92 Å². The van der Waals surface area contributed by atoms with Gasteiger partial charge < -0.3 is 15.5 Å². The van der Waals surface area contributed by atoms with Crippen LogP contribution in [-0.2, 0) is 9.59 Å². The quantitative estimate of drug-likeness (QED) is 0.867. The lowest BCUT2D eigenvalue weighted by Gasteiger charge is -2.22. The van der Waals surface area contributed by atoms with E-state index in [4.69, 9.17) is 5.73 Å². The molecule has 25 heavy (non-hydrogen) atoms. The summed E-state index contributed by atoms with van der Waals surface area (Å²) < 4.78 is 0. The molecule has 2 heterocycles. The van der Waals surface area contributed by atoms with Crippen LogP contribution in [0.2, 0.25) is 0 Å². The van der Waals surface area contributed by atoms with Gasteiger partial charge in [0.2, 0.25) is 11.8 Å². The summed E-state index contributed by atoms with van der Waals surface area (Å²) in [6.45, 7) is 2.62. The highest BCUT2D eigenvalue weighted by Crippen LogP contribution is 2.17. The van der Waals surface area contributed by atoms with E-state index < -0.39 is 11.8 Å². The van der Waals surface area contributed by atoms with E-state index in [1.54, 1.807) is 15.9 Å². The summed E-state index contributed by atoms with van der Waals surface area (Å²) in [5, 5.41) is 0.875. The topological polar surface area (TPSA) is 96.6 Å². The maximum Gasteiger partial charge on any atom is 0.255 e. The van der Waals surface area contributed by atoms with E-state index in [2.05, 4.69) is 4.98 Å². The van der Waals surface area contributed by atoms with Gasteiger partial charge in [-0.15, -0.1) is 0 Å². The minimum absolute atomic E-state index is 0.132. The molecule has 7 heteroatoms. The van der Waals surface area contributed by atoms with Crippen molar-refractivity contribution in [3.63, 3.8) is 0 Å². The third-order valence-electron chi connectivity index (χ3n) is 4.49. The monoisotopic (exact) mass is 340 g/mol. The second-order valence-electron chi connectivity index (χ2n) is 6.23. The van der Waals surface area contributed by atoms with Crippen LogP contribution in [0.15, 0.2) is 36.5 Å². The highest BCUT2D eigenvalue weighted by atomic mass is 16.2. The number of benzene rings is 1. The molecule has 0 bridgehead atoms. The maximum absolute atomic E-state index is 12.9. The average Bonchev–Trinajstić information content (AvgIpc) is 2.84. The zero-order valence-electron chi connectivity index (χ0n) is 14.0.